The fourth-order valence-electron chi connectivity index (χ4n) is 5.06. The van der Waals surface area contributed by atoms with Crippen LogP contribution in [0.15, 0.2) is 18.5 Å². The highest BCUT2D eigenvalue weighted by Gasteiger charge is 2.42. The van der Waals surface area contributed by atoms with Crippen LogP contribution in [-0.4, -0.2) is 59.5 Å². The summed E-state index contributed by atoms with van der Waals surface area (Å²) >= 11 is 0. The Bertz CT molecular complexity index is 1370. The van der Waals surface area contributed by atoms with Crippen molar-refractivity contribution < 1.29 is 16.8 Å². The zero-order chi connectivity index (χ0) is 22.7. The summed E-state index contributed by atoms with van der Waals surface area (Å²) in [6, 6.07) is 1.84. The second-order valence-electron chi connectivity index (χ2n) is 9.29. The van der Waals surface area contributed by atoms with E-state index in [2.05, 4.69) is 26.0 Å². The predicted octanol–water partition coefficient (Wildman–Crippen LogP) is 2.15. The van der Waals surface area contributed by atoms with Gasteiger partial charge in [0.15, 0.2) is 5.65 Å². The lowest BCUT2D eigenvalue weighted by molar-refractivity contribution is 0.450. The number of sulfonamides is 1. The van der Waals surface area contributed by atoms with Gasteiger partial charge in [0.1, 0.15) is 15.7 Å². The molecule has 0 unspecified atom stereocenters. The highest BCUT2D eigenvalue weighted by molar-refractivity contribution is 7.90. The fourth-order valence-corrected chi connectivity index (χ4v) is 7.23. The molecule has 0 aliphatic heterocycles. The van der Waals surface area contributed by atoms with Crippen LogP contribution in [0.25, 0.3) is 16.7 Å². The van der Waals surface area contributed by atoms with Crippen LogP contribution in [-0.2, 0) is 26.3 Å². The van der Waals surface area contributed by atoms with Gasteiger partial charge >= 0.3 is 0 Å². The third-order valence-corrected chi connectivity index (χ3v) is 9.79. The van der Waals surface area contributed by atoms with Crippen molar-refractivity contribution in [2.24, 2.45) is 5.92 Å². The molecule has 2 aliphatic rings. The number of hydrogen-bond acceptors (Lipinski definition) is 6. The lowest BCUT2D eigenvalue weighted by atomic mass is 9.93. The van der Waals surface area contributed by atoms with Crippen LogP contribution in [0.2, 0.25) is 0 Å². The number of sulfone groups is 1. The molecule has 0 radical (unpaired) electrons. The molecule has 0 spiro atoms. The Morgan fingerprint density at radius 2 is 1.97 bits per heavy atom. The van der Waals surface area contributed by atoms with Gasteiger partial charge in [-0.2, -0.15) is 0 Å². The summed E-state index contributed by atoms with van der Waals surface area (Å²) in [6.07, 6.45) is 9.00. The molecule has 9 nitrogen and oxygen atoms in total. The van der Waals surface area contributed by atoms with Crippen LogP contribution in [0, 0.1) is 5.92 Å². The molecular weight excluding hydrogens is 450 g/mol. The summed E-state index contributed by atoms with van der Waals surface area (Å²) in [4.78, 5) is 12.6. The molecule has 11 heteroatoms. The maximum atomic E-state index is 12.5. The van der Waals surface area contributed by atoms with E-state index < -0.39 is 19.9 Å². The molecule has 0 amide bonds. The Labute approximate surface area is 188 Å². The minimum absolute atomic E-state index is 0.0238. The van der Waals surface area contributed by atoms with E-state index in [1.165, 1.54) is 6.26 Å². The van der Waals surface area contributed by atoms with Gasteiger partial charge in [-0.1, -0.05) is 13.3 Å². The minimum atomic E-state index is -3.25. The second-order valence-corrected chi connectivity index (χ2v) is 13.5. The standard InChI is InChI=1S/C21H29N5O4S2/c1-3-13-10-14(25-32(29,30)15-4-5-15)11-16(13)21-24-17(7-9-31(2,27)28)19-12-23-20-18(26(19)21)6-8-22-20/h6,8,12-16,22,25H,3-5,7,9-11H2,1-2H3/t13-,14-,16+/m0/s1. The highest BCUT2D eigenvalue weighted by atomic mass is 32.2. The number of aryl methyl sites for hydroxylation is 1. The van der Waals surface area contributed by atoms with Gasteiger partial charge in [0.05, 0.1) is 33.9 Å². The number of rotatable bonds is 8. The molecule has 32 heavy (non-hydrogen) atoms. The molecule has 174 valence electrons. The zero-order valence-corrected chi connectivity index (χ0v) is 19.9. The van der Waals surface area contributed by atoms with Crippen molar-refractivity contribution in [3.05, 3.63) is 30.0 Å². The summed E-state index contributed by atoms with van der Waals surface area (Å²) in [5, 5.41) is -0.234. The Kier molecular flexibility index (Phi) is 5.33. The van der Waals surface area contributed by atoms with Gasteiger partial charge in [-0.15, -0.1) is 0 Å². The van der Waals surface area contributed by atoms with E-state index in [9.17, 15) is 16.8 Å². The minimum Gasteiger partial charge on any atom is -0.345 e. The maximum absolute atomic E-state index is 12.5. The number of H-pyrrole nitrogens is 1. The molecule has 2 aliphatic carbocycles. The molecule has 3 heterocycles. The van der Waals surface area contributed by atoms with Gasteiger partial charge in [0.2, 0.25) is 10.0 Å². The van der Waals surface area contributed by atoms with Gasteiger partial charge in [0, 0.05) is 30.8 Å². The molecule has 0 aromatic carbocycles. The summed E-state index contributed by atoms with van der Waals surface area (Å²) < 4.78 is 53.7. The molecule has 5 rings (SSSR count). The summed E-state index contributed by atoms with van der Waals surface area (Å²) in [5.74, 6) is 1.26. The van der Waals surface area contributed by atoms with Crippen molar-refractivity contribution in [2.75, 3.05) is 12.0 Å². The van der Waals surface area contributed by atoms with E-state index in [-0.39, 0.29) is 28.9 Å². The number of fused-ring (bicyclic) bond motifs is 3. The number of imidazole rings is 1. The van der Waals surface area contributed by atoms with Gasteiger partial charge in [-0.3, -0.25) is 4.40 Å². The third kappa shape index (κ3) is 4.06. The zero-order valence-electron chi connectivity index (χ0n) is 18.3. The number of aromatic amines is 1. The smallest absolute Gasteiger partial charge is 0.214 e. The van der Waals surface area contributed by atoms with Crippen LogP contribution in [0.4, 0.5) is 0 Å². The number of hydrogen-bond donors (Lipinski definition) is 2. The van der Waals surface area contributed by atoms with Crippen LogP contribution < -0.4 is 4.72 Å². The van der Waals surface area contributed by atoms with E-state index >= 15 is 0 Å². The largest absolute Gasteiger partial charge is 0.345 e. The first kappa shape index (κ1) is 21.8. The van der Waals surface area contributed by atoms with E-state index in [4.69, 9.17) is 4.98 Å². The molecule has 3 aromatic heterocycles. The number of nitrogens with zero attached hydrogens (tertiary/aromatic N) is 3. The maximum Gasteiger partial charge on any atom is 0.214 e. The van der Waals surface area contributed by atoms with E-state index in [1.54, 1.807) is 6.20 Å². The van der Waals surface area contributed by atoms with Crippen molar-refractivity contribution in [1.82, 2.24) is 24.1 Å². The Hall–Kier alpha value is -1.98. The van der Waals surface area contributed by atoms with Gasteiger partial charge in [-0.25, -0.2) is 31.5 Å². The summed E-state index contributed by atoms with van der Waals surface area (Å²) in [7, 11) is -6.39. The van der Waals surface area contributed by atoms with Crippen molar-refractivity contribution in [3.8, 4) is 0 Å². The van der Waals surface area contributed by atoms with Crippen LogP contribution in [0.3, 0.4) is 0 Å². The average Bonchev–Trinajstić information content (AvgIpc) is 3.20. The molecule has 2 fully saturated rings. The molecule has 3 aromatic rings. The fraction of sp³-hybridized carbons (Fsp3) is 0.619. The summed E-state index contributed by atoms with van der Waals surface area (Å²) in [6.45, 7) is 2.13. The second kappa shape index (κ2) is 7.81. The Balaban J connectivity index is 1.55. The van der Waals surface area contributed by atoms with Crippen LogP contribution >= 0.6 is 0 Å². The third-order valence-electron chi connectivity index (χ3n) is 6.83. The van der Waals surface area contributed by atoms with Crippen LogP contribution in [0.1, 0.15) is 56.5 Å². The first-order valence-electron chi connectivity index (χ1n) is 11.2. The van der Waals surface area contributed by atoms with Crippen molar-refractivity contribution in [3.63, 3.8) is 0 Å². The molecule has 3 atom stereocenters. The van der Waals surface area contributed by atoms with Crippen molar-refractivity contribution >= 4 is 36.5 Å². The van der Waals surface area contributed by atoms with Gasteiger partial charge in [-0.05, 0) is 37.7 Å². The summed E-state index contributed by atoms with van der Waals surface area (Å²) in [5.41, 5.74) is 3.17. The predicted molar refractivity (Wildman–Crippen MR) is 123 cm³/mol. The average molecular weight is 480 g/mol. The Morgan fingerprint density at radius 1 is 1.19 bits per heavy atom. The number of aromatic nitrogens is 4. The van der Waals surface area contributed by atoms with Crippen molar-refractivity contribution in [2.45, 2.75) is 62.7 Å². The van der Waals surface area contributed by atoms with Gasteiger partial charge < -0.3 is 4.98 Å². The molecular formula is C21H29N5O4S2. The SMILES string of the molecule is CC[C@H]1C[C@H](NS(=O)(=O)C2CC2)C[C@H]1c1nc(CCS(C)(=O)=O)c2cnc3[nH]ccc3n12. The van der Waals surface area contributed by atoms with E-state index in [1.807, 2.05) is 12.3 Å². The van der Waals surface area contributed by atoms with Gasteiger partial charge in [0.25, 0.3) is 0 Å². The first-order valence-corrected chi connectivity index (χ1v) is 14.8. The lowest BCUT2D eigenvalue weighted by Crippen LogP contribution is -2.35. The van der Waals surface area contributed by atoms with Crippen LogP contribution in [0.5, 0.6) is 0 Å². The van der Waals surface area contributed by atoms with E-state index in [0.29, 0.717) is 12.8 Å². The lowest BCUT2D eigenvalue weighted by Gasteiger charge is -2.17. The monoisotopic (exact) mass is 479 g/mol. The topological polar surface area (TPSA) is 126 Å². The van der Waals surface area contributed by atoms with E-state index in [0.717, 1.165) is 53.9 Å². The van der Waals surface area contributed by atoms with Crippen molar-refractivity contribution in [1.29, 1.82) is 0 Å². The molecule has 0 bridgehead atoms. The number of nitrogens with one attached hydrogen (secondary N) is 2. The highest BCUT2D eigenvalue weighted by Crippen LogP contribution is 2.43. The molecule has 0 saturated heterocycles. The molecule has 2 N–H and O–H groups in total. The molecule has 2 saturated carbocycles. The Morgan fingerprint density at radius 3 is 2.66 bits per heavy atom. The quantitative estimate of drug-likeness (QED) is 0.510. The first-order chi connectivity index (χ1) is 15.2. The normalized spacial score (nSPS) is 24.6.